The number of carbonyl (C=O) groups excluding carboxylic acids is 1. The van der Waals surface area contributed by atoms with Gasteiger partial charge in [0.15, 0.2) is 6.10 Å². The molecule has 2 aromatic rings. The SMILES string of the molecule is C[C@H](Nc1nnc([C@H]2CCc3ccccc3O2)o1)C(=O)N1CCC2(CC1)CC2. The van der Waals surface area contributed by atoms with Gasteiger partial charge in [-0.05, 0) is 62.5 Å². The molecule has 0 bridgehead atoms. The molecular weight excluding hydrogens is 356 g/mol. The fourth-order valence-electron chi connectivity index (χ4n) is 4.32. The third-order valence-electron chi connectivity index (χ3n) is 6.44. The summed E-state index contributed by atoms with van der Waals surface area (Å²) in [5.74, 6) is 1.41. The average molecular weight is 382 g/mol. The molecule has 2 fully saturated rings. The van der Waals surface area contributed by atoms with E-state index in [4.69, 9.17) is 9.15 Å². The second-order valence-corrected chi connectivity index (χ2v) is 8.39. The molecule has 2 atom stereocenters. The fraction of sp³-hybridized carbons (Fsp3) is 0.571. The van der Waals surface area contributed by atoms with Crippen LogP contribution in [-0.2, 0) is 11.2 Å². The van der Waals surface area contributed by atoms with Crippen molar-refractivity contribution in [1.82, 2.24) is 15.1 Å². The van der Waals surface area contributed by atoms with Gasteiger partial charge in [0, 0.05) is 13.1 Å². The van der Waals surface area contributed by atoms with Gasteiger partial charge in [0.05, 0.1) is 0 Å². The van der Waals surface area contributed by atoms with Crippen molar-refractivity contribution in [3.63, 3.8) is 0 Å². The van der Waals surface area contributed by atoms with E-state index < -0.39 is 6.04 Å². The topological polar surface area (TPSA) is 80.5 Å². The molecule has 1 saturated carbocycles. The number of hydrogen-bond donors (Lipinski definition) is 1. The van der Waals surface area contributed by atoms with E-state index in [-0.39, 0.29) is 18.0 Å². The lowest BCUT2D eigenvalue weighted by Gasteiger charge is -2.33. The van der Waals surface area contributed by atoms with E-state index in [2.05, 4.69) is 21.6 Å². The first kappa shape index (κ1) is 17.5. The Morgan fingerprint density at radius 2 is 2.00 bits per heavy atom. The number of piperidine rings is 1. The Bertz CT molecular complexity index is 866. The van der Waals surface area contributed by atoms with Gasteiger partial charge in [-0.1, -0.05) is 23.3 Å². The largest absolute Gasteiger partial charge is 0.480 e. The lowest BCUT2D eigenvalue weighted by atomic mass is 9.93. The molecule has 3 aliphatic rings. The van der Waals surface area contributed by atoms with E-state index in [9.17, 15) is 4.79 Å². The molecule has 7 heteroatoms. The summed E-state index contributed by atoms with van der Waals surface area (Å²) in [4.78, 5) is 14.7. The Morgan fingerprint density at radius 1 is 1.21 bits per heavy atom. The van der Waals surface area contributed by atoms with Gasteiger partial charge in [0.25, 0.3) is 5.89 Å². The molecule has 2 aliphatic heterocycles. The molecule has 1 N–H and O–H groups in total. The van der Waals surface area contributed by atoms with Gasteiger partial charge in [-0.25, -0.2) is 0 Å². The van der Waals surface area contributed by atoms with Gasteiger partial charge < -0.3 is 19.4 Å². The molecular formula is C21H26N4O3. The molecule has 0 unspecified atom stereocenters. The Labute approximate surface area is 164 Å². The van der Waals surface area contributed by atoms with Crippen molar-refractivity contribution in [1.29, 1.82) is 0 Å². The summed E-state index contributed by atoms with van der Waals surface area (Å²) in [5.41, 5.74) is 1.76. The van der Waals surface area contributed by atoms with Gasteiger partial charge >= 0.3 is 6.01 Å². The van der Waals surface area contributed by atoms with Crippen LogP contribution in [0.4, 0.5) is 6.01 Å². The molecule has 1 amide bonds. The number of ether oxygens (including phenoxy) is 1. The van der Waals surface area contributed by atoms with Crippen LogP contribution in [0.2, 0.25) is 0 Å². The lowest BCUT2D eigenvalue weighted by molar-refractivity contribution is -0.133. The molecule has 1 aromatic carbocycles. The zero-order chi connectivity index (χ0) is 19.1. The molecule has 1 saturated heterocycles. The minimum Gasteiger partial charge on any atom is -0.480 e. The Balaban J connectivity index is 1.19. The molecule has 7 nitrogen and oxygen atoms in total. The van der Waals surface area contributed by atoms with Crippen LogP contribution in [0.25, 0.3) is 0 Å². The van der Waals surface area contributed by atoms with Crippen molar-refractivity contribution in [3.05, 3.63) is 35.7 Å². The zero-order valence-corrected chi connectivity index (χ0v) is 16.2. The van der Waals surface area contributed by atoms with E-state index >= 15 is 0 Å². The zero-order valence-electron chi connectivity index (χ0n) is 16.2. The van der Waals surface area contributed by atoms with E-state index in [0.29, 0.717) is 11.3 Å². The van der Waals surface area contributed by atoms with Crippen LogP contribution in [0.1, 0.15) is 56.6 Å². The van der Waals surface area contributed by atoms with Crippen molar-refractivity contribution in [2.75, 3.05) is 18.4 Å². The van der Waals surface area contributed by atoms with Crippen molar-refractivity contribution in [2.45, 2.75) is 57.6 Å². The van der Waals surface area contributed by atoms with Crippen LogP contribution in [0.5, 0.6) is 5.75 Å². The van der Waals surface area contributed by atoms with Crippen LogP contribution in [0.15, 0.2) is 28.7 Å². The van der Waals surface area contributed by atoms with Crippen molar-refractivity contribution in [2.24, 2.45) is 5.41 Å². The van der Waals surface area contributed by atoms with E-state index in [1.54, 1.807) is 0 Å². The van der Waals surface area contributed by atoms with Gasteiger partial charge in [-0.2, -0.15) is 0 Å². The molecule has 5 rings (SSSR count). The highest BCUT2D eigenvalue weighted by atomic mass is 16.5. The predicted molar refractivity (Wildman–Crippen MR) is 103 cm³/mol. The maximum Gasteiger partial charge on any atom is 0.316 e. The average Bonchev–Trinajstić information content (AvgIpc) is 3.31. The minimum absolute atomic E-state index is 0.0955. The van der Waals surface area contributed by atoms with Gasteiger partial charge in [-0.15, -0.1) is 5.10 Å². The number of nitrogens with one attached hydrogen (secondary N) is 1. The maximum absolute atomic E-state index is 12.7. The quantitative estimate of drug-likeness (QED) is 0.874. The molecule has 148 valence electrons. The molecule has 0 radical (unpaired) electrons. The van der Waals surface area contributed by atoms with Crippen LogP contribution < -0.4 is 10.1 Å². The van der Waals surface area contributed by atoms with Crippen molar-refractivity contribution >= 4 is 11.9 Å². The van der Waals surface area contributed by atoms with Crippen molar-refractivity contribution < 1.29 is 13.9 Å². The summed E-state index contributed by atoms with van der Waals surface area (Å²) in [5, 5.41) is 11.3. The normalized spacial score (nSPS) is 23.6. The monoisotopic (exact) mass is 382 g/mol. The highest BCUT2D eigenvalue weighted by molar-refractivity contribution is 5.83. The van der Waals surface area contributed by atoms with E-state index in [1.165, 1.54) is 18.4 Å². The Morgan fingerprint density at radius 3 is 2.79 bits per heavy atom. The first-order valence-corrected chi connectivity index (χ1v) is 10.3. The smallest absolute Gasteiger partial charge is 0.316 e. The number of benzene rings is 1. The number of anilines is 1. The third kappa shape index (κ3) is 3.34. The van der Waals surface area contributed by atoms with Crippen LogP contribution in [0, 0.1) is 5.41 Å². The number of nitrogens with zero attached hydrogens (tertiary/aromatic N) is 3. The van der Waals surface area contributed by atoms with E-state index in [0.717, 1.165) is 44.5 Å². The summed E-state index contributed by atoms with van der Waals surface area (Å²) >= 11 is 0. The predicted octanol–water partition coefficient (Wildman–Crippen LogP) is 3.34. The lowest BCUT2D eigenvalue weighted by Crippen LogP contribution is -2.45. The summed E-state index contributed by atoms with van der Waals surface area (Å²) in [6, 6.07) is 7.89. The summed E-state index contributed by atoms with van der Waals surface area (Å²) in [7, 11) is 0. The molecule has 3 heterocycles. The minimum atomic E-state index is -0.394. The fourth-order valence-corrected chi connectivity index (χ4v) is 4.32. The van der Waals surface area contributed by atoms with Crippen LogP contribution in [0.3, 0.4) is 0 Å². The second kappa shape index (κ2) is 6.79. The number of aryl methyl sites for hydroxylation is 1. The Kier molecular flexibility index (Phi) is 4.25. The van der Waals surface area contributed by atoms with Gasteiger partial charge in [0.1, 0.15) is 11.8 Å². The molecule has 1 spiro atoms. The standard InChI is InChI=1S/C21H26N4O3/c1-14(19(26)25-12-10-21(8-9-21)11-13-25)22-20-24-23-18(28-20)17-7-6-15-4-2-3-5-16(15)27-17/h2-5,14,17H,6-13H2,1H3,(H,22,24)/t14-,17+/m0/s1. The number of amides is 1. The number of rotatable bonds is 4. The highest BCUT2D eigenvalue weighted by Crippen LogP contribution is 2.53. The first-order valence-electron chi connectivity index (χ1n) is 10.3. The number of carbonyl (C=O) groups is 1. The molecule has 28 heavy (non-hydrogen) atoms. The second-order valence-electron chi connectivity index (χ2n) is 8.39. The summed E-state index contributed by atoms with van der Waals surface area (Å²) in [6.45, 7) is 3.56. The number of aromatic nitrogens is 2. The Hall–Kier alpha value is -2.57. The first-order chi connectivity index (χ1) is 13.6. The van der Waals surface area contributed by atoms with E-state index in [1.807, 2.05) is 30.0 Å². The number of para-hydroxylation sites is 1. The molecule has 1 aromatic heterocycles. The summed E-state index contributed by atoms with van der Waals surface area (Å²) in [6.07, 6.45) is 6.40. The van der Waals surface area contributed by atoms with Crippen molar-refractivity contribution in [3.8, 4) is 5.75 Å². The summed E-state index contributed by atoms with van der Waals surface area (Å²) < 4.78 is 11.8. The maximum atomic E-state index is 12.7. The number of fused-ring (bicyclic) bond motifs is 1. The molecule has 1 aliphatic carbocycles. The van der Waals surface area contributed by atoms with Crippen LogP contribution >= 0.6 is 0 Å². The third-order valence-corrected chi connectivity index (χ3v) is 6.44. The number of likely N-dealkylation sites (tertiary alicyclic amines) is 1. The van der Waals surface area contributed by atoms with Gasteiger partial charge in [0.2, 0.25) is 5.91 Å². The van der Waals surface area contributed by atoms with Gasteiger partial charge in [-0.3, -0.25) is 4.79 Å². The highest BCUT2D eigenvalue weighted by Gasteiger charge is 2.45. The number of hydrogen-bond acceptors (Lipinski definition) is 6. The van der Waals surface area contributed by atoms with Crippen LogP contribution in [-0.4, -0.2) is 40.1 Å².